The lowest BCUT2D eigenvalue weighted by atomic mass is 10.1. The first kappa shape index (κ1) is 11.5. The van der Waals surface area contributed by atoms with Gasteiger partial charge in [0.05, 0.1) is 0 Å². The monoisotopic (exact) mass is 218 g/mol. The number of nitrogens with zero attached hydrogens (tertiary/aromatic N) is 1. The van der Waals surface area contributed by atoms with Gasteiger partial charge in [-0.05, 0) is 37.3 Å². The average Bonchev–Trinajstić information content (AvgIpc) is 2.57. The zero-order chi connectivity index (χ0) is 11.7. The summed E-state index contributed by atoms with van der Waals surface area (Å²) in [6, 6.07) is 7.08. The van der Waals surface area contributed by atoms with Crippen molar-refractivity contribution < 1.29 is 0 Å². The van der Waals surface area contributed by atoms with E-state index in [4.69, 9.17) is 5.73 Å². The van der Waals surface area contributed by atoms with Crippen LogP contribution < -0.4 is 10.6 Å². The van der Waals surface area contributed by atoms with Gasteiger partial charge in [-0.15, -0.1) is 0 Å². The van der Waals surface area contributed by atoms with E-state index < -0.39 is 0 Å². The van der Waals surface area contributed by atoms with Crippen LogP contribution in [0.15, 0.2) is 18.2 Å². The number of nitrogens with two attached hydrogens (primary N) is 1. The van der Waals surface area contributed by atoms with Gasteiger partial charge in [-0.3, -0.25) is 0 Å². The number of aryl methyl sites for hydroxylation is 1. The highest BCUT2D eigenvalue weighted by atomic mass is 15.2. The summed E-state index contributed by atoms with van der Waals surface area (Å²) >= 11 is 0. The molecule has 1 heterocycles. The third-order valence-corrected chi connectivity index (χ3v) is 3.61. The topological polar surface area (TPSA) is 29.3 Å². The Morgan fingerprint density at radius 2 is 2.12 bits per heavy atom. The first-order chi connectivity index (χ1) is 7.63. The Labute approximate surface area is 98.4 Å². The number of para-hydroxylation sites is 1. The van der Waals surface area contributed by atoms with Crippen LogP contribution in [0.1, 0.15) is 31.4 Å². The van der Waals surface area contributed by atoms with E-state index in [2.05, 4.69) is 43.9 Å². The summed E-state index contributed by atoms with van der Waals surface area (Å²) in [5, 5.41) is 0. The van der Waals surface area contributed by atoms with Crippen molar-refractivity contribution in [3.63, 3.8) is 0 Å². The average molecular weight is 218 g/mol. The van der Waals surface area contributed by atoms with E-state index in [0.29, 0.717) is 12.6 Å². The molecule has 2 nitrogen and oxygen atoms in total. The maximum atomic E-state index is 5.84. The molecule has 2 atom stereocenters. The summed E-state index contributed by atoms with van der Waals surface area (Å²) in [7, 11) is 0. The van der Waals surface area contributed by atoms with Crippen LogP contribution in [0.25, 0.3) is 0 Å². The van der Waals surface area contributed by atoms with Crippen LogP contribution in [-0.2, 0) is 6.54 Å². The number of anilines is 1. The fourth-order valence-corrected chi connectivity index (χ4v) is 2.91. The van der Waals surface area contributed by atoms with Gasteiger partial charge in [-0.2, -0.15) is 0 Å². The molecule has 2 N–H and O–H groups in total. The van der Waals surface area contributed by atoms with E-state index in [-0.39, 0.29) is 0 Å². The quantitative estimate of drug-likeness (QED) is 0.827. The predicted octanol–water partition coefficient (Wildman–Crippen LogP) is 2.69. The van der Waals surface area contributed by atoms with Crippen molar-refractivity contribution in [3.8, 4) is 0 Å². The Morgan fingerprint density at radius 3 is 2.69 bits per heavy atom. The van der Waals surface area contributed by atoms with Crippen molar-refractivity contribution in [1.82, 2.24) is 0 Å². The molecule has 16 heavy (non-hydrogen) atoms. The number of benzene rings is 1. The second-order valence-electron chi connectivity index (χ2n) is 5.13. The van der Waals surface area contributed by atoms with Crippen LogP contribution >= 0.6 is 0 Å². The van der Waals surface area contributed by atoms with E-state index in [1.54, 1.807) is 0 Å². The van der Waals surface area contributed by atoms with Gasteiger partial charge in [0.15, 0.2) is 0 Å². The molecule has 1 fully saturated rings. The number of rotatable bonds is 2. The standard InChI is InChI=1S/C14H22N2/c1-10-7-12(3)16(9-10)14-11(2)5-4-6-13(14)8-15/h4-6,10,12H,7-9,15H2,1-3H3. The minimum absolute atomic E-state index is 0.634. The molecule has 0 aliphatic carbocycles. The highest BCUT2D eigenvalue weighted by Crippen LogP contribution is 2.33. The van der Waals surface area contributed by atoms with Crippen LogP contribution in [-0.4, -0.2) is 12.6 Å². The van der Waals surface area contributed by atoms with Crippen molar-refractivity contribution in [2.24, 2.45) is 11.7 Å². The summed E-state index contributed by atoms with van der Waals surface area (Å²) in [6.07, 6.45) is 1.29. The van der Waals surface area contributed by atoms with E-state index in [9.17, 15) is 0 Å². The highest BCUT2D eigenvalue weighted by molar-refractivity contribution is 5.60. The van der Waals surface area contributed by atoms with Crippen molar-refractivity contribution in [2.45, 2.75) is 39.8 Å². The Bertz CT molecular complexity index is 373. The molecule has 0 amide bonds. The third-order valence-electron chi connectivity index (χ3n) is 3.61. The van der Waals surface area contributed by atoms with Crippen molar-refractivity contribution in [1.29, 1.82) is 0 Å². The predicted molar refractivity (Wildman–Crippen MR) is 69.7 cm³/mol. The second kappa shape index (κ2) is 4.46. The molecule has 0 bridgehead atoms. The molecule has 2 heteroatoms. The molecule has 1 saturated heterocycles. The fourth-order valence-electron chi connectivity index (χ4n) is 2.91. The largest absolute Gasteiger partial charge is 0.368 e. The Balaban J connectivity index is 2.39. The molecule has 1 aromatic carbocycles. The lowest BCUT2D eigenvalue weighted by Crippen LogP contribution is -2.28. The van der Waals surface area contributed by atoms with Gasteiger partial charge in [-0.25, -0.2) is 0 Å². The van der Waals surface area contributed by atoms with Crippen molar-refractivity contribution in [3.05, 3.63) is 29.3 Å². The van der Waals surface area contributed by atoms with E-state index in [0.717, 1.165) is 5.92 Å². The molecule has 1 aliphatic rings. The van der Waals surface area contributed by atoms with Gasteiger partial charge >= 0.3 is 0 Å². The van der Waals surface area contributed by atoms with E-state index in [1.165, 1.54) is 29.8 Å². The Hall–Kier alpha value is -1.02. The summed E-state index contributed by atoms with van der Waals surface area (Å²) in [4.78, 5) is 2.53. The molecule has 0 aromatic heterocycles. The van der Waals surface area contributed by atoms with Gasteiger partial charge in [0, 0.05) is 24.8 Å². The van der Waals surface area contributed by atoms with Crippen LogP contribution in [0.4, 0.5) is 5.69 Å². The lowest BCUT2D eigenvalue weighted by Gasteiger charge is -2.28. The van der Waals surface area contributed by atoms with Crippen LogP contribution in [0.5, 0.6) is 0 Å². The smallest absolute Gasteiger partial charge is 0.0443 e. The maximum Gasteiger partial charge on any atom is 0.0443 e. The second-order valence-corrected chi connectivity index (χ2v) is 5.13. The Kier molecular flexibility index (Phi) is 3.20. The SMILES string of the molecule is Cc1cccc(CN)c1N1CC(C)CC1C. The van der Waals surface area contributed by atoms with Crippen LogP contribution in [0, 0.1) is 12.8 Å². The molecule has 0 saturated carbocycles. The van der Waals surface area contributed by atoms with Gasteiger partial charge in [0.2, 0.25) is 0 Å². The summed E-state index contributed by atoms with van der Waals surface area (Å²) in [6.45, 7) is 8.63. The minimum atomic E-state index is 0.634. The zero-order valence-electron chi connectivity index (χ0n) is 10.5. The van der Waals surface area contributed by atoms with Gasteiger partial charge in [0.1, 0.15) is 0 Å². The molecule has 88 valence electrons. The van der Waals surface area contributed by atoms with Gasteiger partial charge in [0.25, 0.3) is 0 Å². The summed E-state index contributed by atoms with van der Waals surface area (Å²) in [5.41, 5.74) is 9.85. The zero-order valence-corrected chi connectivity index (χ0v) is 10.5. The Morgan fingerprint density at radius 1 is 1.38 bits per heavy atom. The number of hydrogen-bond acceptors (Lipinski definition) is 2. The van der Waals surface area contributed by atoms with Crippen molar-refractivity contribution in [2.75, 3.05) is 11.4 Å². The summed E-state index contributed by atoms with van der Waals surface area (Å²) < 4.78 is 0. The first-order valence-electron chi connectivity index (χ1n) is 6.18. The molecule has 2 rings (SSSR count). The molecule has 1 aliphatic heterocycles. The molecule has 0 radical (unpaired) electrons. The molecule has 1 aromatic rings. The number of hydrogen-bond donors (Lipinski definition) is 1. The summed E-state index contributed by atoms with van der Waals surface area (Å²) in [5.74, 6) is 0.792. The normalized spacial score (nSPS) is 25.1. The molecule has 0 spiro atoms. The first-order valence-corrected chi connectivity index (χ1v) is 6.18. The molecular formula is C14H22N2. The van der Waals surface area contributed by atoms with E-state index >= 15 is 0 Å². The van der Waals surface area contributed by atoms with Crippen LogP contribution in [0.3, 0.4) is 0 Å². The van der Waals surface area contributed by atoms with Gasteiger partial charge < -0.3 is 10.6 Å². The van der Waals surface area contributed by atoms with Crippen LogP contribution in [0.2, 0.25) is 0 Å². The van der Waals surface area contributed by atoms with Crippen molar-refractivity contribution >= 4 is 5.69 Å². The highest BCUT2D eigenvalue weighted by Gasteiger charge is 2.28. The van der Waals surface area contributed by atoms with Gasteiger partial charge in [-0.1, -0.05) is 25.1 Å². The maximum absolute atomic E-state index is 5.84. The molecule has 2 unspecified atom stereocenters. The van der Waals surface area contributed by atoms with E-state index in [1.807, 2.05) is 0 Å². The molecular weight excluding hydrogens is 196 g/mol. The minimum Gasteiger partial charge on any atom is -0.368 e. The third kappa shape index (κ3) is 1.94. The lowest BCUT2D eigenvalue weighted by molar-refractivity contribution is 0.625. The fraction of sp³-hybridized carbons (Fsp3) is 0.571.